The predicted octanol–water partition coefficient (Wildman–Crippen LogP) is 3.56. The molecule has 0 saturated carbocycles. The van der Waals surface area contributed by atoms with E-state index in [0.29, 0.717) is 5.88 Å². The minimum atomic E-state index is 0.553. The molecule has 0 atom stereocenters. The molecular formula is C23H24N6O. The van der Waals surface area contributed by atoms with Crippen LogP contribution >= 0.6 is 0 Å². The SMILES string of the molecule is CN1CCN(Cc2ccc3cc(Oc4ccc(-c5ccn[nH]5)cn4)ccc3n2)CC1. The van der Waals surface area contributed by atoms with Gasteiger partial charge in [-0.15, -0.1) is 0 Å². The lowest BCUT2D eigenvalue weighted by Gasteiger charge is -2.32. The monoisotopic (exact) mass is 400 g/mol. The number of benzene rings is 1. The van der Waals surface area contributed by atoms with E-state index in [1.807, 2.05) is 36.4 Å². The third-order valence-electron chi connectivity index (χ3n) is 5.47. The van der Waals surface area contributed by atoms with Crippen molar-refractivity contribution < 1.29 is 4.74 Å². The average Bonchev–Trinajstić information content (AvgIpc) is 3.31. The minimum absolute atomic E-state index is 0.553. The summed E-state index contributed by atoms with van der Waals surface area (Å²) in [4.78, 5) is 14.1. The van der Waals surface area contributed by atoms with Crippen LogP contribution in [0.4, 0.5) is 0 Å². The summed E-state index contributed by atoms with van der Waals surface area (Å²) in [7, 11) is 2.18. The topological polar surface area (TPSA) is 70.2 Å². The van der Waals surface area contributed by atoms with Crippen molar-refractivity contribution in [2.24, 2.45) is 0 Å². The van der Waals surface area contributed by atoms with Crippen molar-refractivity contribution in [1.29, 1.82) is 0 Å². The first kappa shape index (κ1) is 18.7. The number of piperazine rings is 1. The van der Waals surface area contributed by atoms with Crippen molar-refractivity contribution in [3.63, 3.8) is 0 Å². The van der Waals surface area contributed by atoms with Crippen molar-refractivity contribution in [3.8, 4) is 22.9 Å². The summed E-state index contributed by atoms with van der Waals surface area (Å²) in [5, 5.41) is 7.96. The quantitative estimate of drug-likeness (QED) is 0.552. The van der Waals surface area contributed by atoms with E-state index in [1.165, 1.54) is 0 Å². The zero-order valence-corrected chi connectivity index (χ0v) is 17.0. The van der Waals surface area contributed by atoms with E-state index in [0.717, 1.165) is 66.3 Å². The Hall–Kier alpha value is -3.29. The van der Waals surface area contributed by atoms with Crippen LogP contribution in [0.2, 0.25) is 0 Å². The molecular weight excluding hydrogens is 376 g/mol. The number of H-pyrrole nitrogens is 1. The largest absolute Gasteiger partial charge is 0.439 e. The molecule has 1 aliphatic rings. The van der Waals surface area contributed by atoms with E-state index in [4.69, 9.17) is 9.72 Å². The molecule has 4 heterocycles. The molecule has 152 valence electrons. The fraction of sp³-hybridized carbons (Fsp3) is 0.261. The highest BCUT2D eigenvalue weighted by Gasteiger charge is 2.14. The molecule has 1 aromatic carbocycles. The van der Waals surface area contributed by atoms with Crippen LogP contribution < -0.4 is 4.74 Å². The maximum Gasteiger partial charge on any atom is 0.219 e. The fourth-order valence-electron chi connectivity index (χ4n) is 3.67. The lowest BCUT2D eigenvalue weighted by molar-refractivity contribution is 0.147. The number of ether oxygens (including phenoxy) is 1. The van der Waals surface area contributed by atoms with Gasteiger partial charge in [0.1, 0.15) is 5.75 Å². The summed E-state index contributed by atoms with van der Waals surface area (Å²) in [5.74, 6) is 1.30. The van der Waals surface area contributed by atoms with Crippen molar-refractivity contribution in [3.05, 3.63) is 66.6 Å². The number of aromatic amines is 1. The fourth-order valence-corrected chi connectivity index (χ4v) is 3.67. The molecule has 1 aliphatic heterocycles. The molecule has 0 radical (unpaired) electrons. The Morgan fingerprint density at radius 2 is 1.90 bits per heavy atom. The van der Waals surface area contributed by atoms with Crippen LogP contribution in [0.3, 0.4) is 0 Å². The number of likely N-dealkylation sites (N-methyl/N-ethyl adjacent to an activating group) is 1. The molecule has 1 N–H and O–H groups in total. The number of hydrogen-bond donors (Lipinski definition) is 1. The molecule has 3 aromatic heterocycles. The number of nitrogens with one attached hydrogen (secondary N) is 1. The summed E-state index contributed by atoms with van der Waals surface area (Å²) in [5.41, 5.74) is 3.99. The molecule has 30 heavy (non-hydrogen) atoms. The smallest absolute Gasteiger partial charge is 0.219 e. The van der Waals surface area contributed by atoms with Crippen LogP contribution in [-0.2, 0) is 6.54 Å². The Kier molecular flexibility index (Phi) is 5.13. The molecule has 7 heteroatoms. The Bertz CT molecular complexity index is 1120. The molecule has 5 rings (SSSR count). The van der Waals surface area contributed by atoms with E-state index in [1.54, 1.807) is 12.4 Å². The number of rotatable bonds is 5. The van der Waals surface area contributed by atoms with E-state index >= 15 is 0 Å². The molecule has 0 unspecified atom stereocenters. The normalized spacial score (nSPS) is 15.5. The third kappa shape index (κ3) is 4.17. The van der Waals surface area contributed by atoms with Crippen LogP contribution in [0.1, 0.15) is 5.69 Å². The Labute approximate surface area is 175 Å². The number of pyridine rings is 2. The number of hydrogen-bond acceptors (Lipinski definition) is 6. The standard InChI is InChI=1S/C23H24N6O/c1-28-10-12-29(13-11-28)16-19-4-2-17-14-20(5-6-21(17)26-19)30-23-7-3-18(15-24-23)22-8-9-25-27-22/h2-9,14-15H,10-13,16H2,1H3,(H,25,27). The van der Waals surface area contributed by atoms with Crippen LogP contribution in [0.25, 0.3) is 22.2 Å². The molecule has 0 spiro atoms. The van der Waals surface area contributed by atoms with Crippen LogP contribution in [0, 0.1) is 0 Å². The second-order valence-electron chi connectivity index (χ2n) is 7.69. The summed E-state index contributed by atoms with van der Waals surface area (Å²) < 4.78 is 5.94. The van der Waals surface area contributed by atoms with Crippen LogP contribution in [0.5, 0.6) is 11.6 Å². The zero-order chi connectivity index (χ0) is 20.3. The van der Waals surface area contributed by atoms with Crippen molar-refractivity contribution in [2.75, 3.05) is 33.2 Å². The third-order valence-corrected chi connectivity index (χ3v) is 5.47. The molecule has 1 saturated heterocycles. The van der Waals surface area contributed by atoms with Crippen molar-refractivity contribution in [2.45, 2.75) is 6.54 Å². The van der Waals surface area contributed by atoms with Crippen molar-refractivity contribution in [1.82, 2.24) is 30.0 Å². The lowest BCUT2D eigenvalue weighted by Crippen LogP contribution is -2.43. The first-order valence-corrected chi connectivity index (χ1v) is 10.2. The zero-order valence-electron chi connectivity index (χ0n) is 17.0. The number of aromatic nitrogens is 4. The first-order chi connectivity index (χ1) is 14.7. The van der Waals surface area contributed by atoms with E-state index in [-0.39, 0.29) is 0 Å². The molecule has 0 bridgehead atoms. The number of fused-ring (bicyclic) bond motifs is 1. The van der Waals surface area contributed by atoms with Gasteiger partial charge in [-0.05, 0) is 43.4 Å². The summed E-state index contributed by atoms with van der Waals surface area (Å²) >= 11 is 0. The maximum absolute atomic E-state index is 5.94. The van der Waals surface area contributed by atoms with E-state index < -0.39 is 0 Å². The van der Waals surface area contributed by atoms with Gasteiger partial charge < -0.3 is 9.64 Å². The molecule has 4 aromatic rings. The van der Waals surface area contributed by atoms with Crippen LogP contribution in [0.15, 0.2) is 60.9 Å². The Balaban J connectivity index is 1.28. The van der Waals surface area contributed by atoms with Gasteiger partial charge in [0.25, 0.3) is 0 Å². The van der Waals surface area contributed by atoms with Gasteiger partial charge >= 0.3 is 0 Å². The van der Waals surface area contributed by atoms with Crippen LogP contribution in [-0.4, -0.2) is 63.2 Å². The summed E-state index contributed by atoms with van der Waals surface area (Å²) in [6.45, 7) is 5.31. The molecule has 7 nitrogen and oxygen atoms in total. The highest BCUT2D eigenvalue weighted by Crippen LogP contribution is 2.25. The highest BCUT2D eigenvalue weighted by atomic mass is 16.5. The highest BCUT2D eigenvalue weighted by molar-refractivity contribution is 5.80. The Morgan fingerprint density at radius 1 is 1.00 bits per heavy atom. The van der Waals surface area contributed by atoms with Gasteiger partial charge in [0, 0.05) is 62.1 Å². The lowest BCUT2D eigenvalue weighted by atomic mass is 10.2. The van der Waals surface area contributed by atoms with Gasteiger partial charge in [-0.3, -0.25) is 15.0 Å². The van der Waals surface area contributed by atoms with Gasteiger partial charge in [-0.1, -0.05) is 6.07 Å². The van der Waals surface area contributed by atoms with E-state index in [2.05, 4.69) is 44.2 Å². The van der Waals surface area contributed by atoms with Gasteiger partial charge in [0.2, 0.25) is 5.88 Å². The van der Waals surface area contributed by atoms with E-state index in [9.17, 15) is 0 Å². The Morgan fingerprint density at radius 3 is 2.67 bits per heavy atom. The second-order valence-corrected chi connectivity index (χ2v) is 7.69. The van der Waals surface area contributed by atoms with Gasteiger partial charge in [0.05, 0.1) is 16.9 Å². The summed E-state index contributed by atoms with van der Waals surface area (Å²) in [6.07, 6.45) is 3.50. The van der Waals surface area contributed by atoms with Gasteiger partial charge in [-0.25, -0.2) is 4.98 Å². The van der Waals surface area contributed by atoms with Gasteiger partial charge in [0.15, 0.2) is 0 Å². The molecule has 0 amide bonds. The minimum Gasteiger partial charge on any atom is -0.439 e. The molecule has 1 fully saturated rings. The first-order valence-electron chi connectivity index (χ1n) is 10.2. The van der Waals surface area contributed by atoms with Crippen molar-refractivity contribution >= 4 is 10.9 Å². The second kappa shape index (κ2) is 8.22. The van der Waals surface area contributed by atoms with Gasteiger partial charge in [-0.2, -0.15) is 5.10 Å². The summed E-state index contributed by atoms with van der Waals surface area (Å²) in [6, 6.07) is 15.9. The molecule has 0 aliphatic carbocycles. The average molecular weight is 400 g/mol. The maximum atomic E-state index is 5.94. The number of nitrogens with zero attached hydrogens (tertiary/aromatic N) is 5. The predicted molar refractivity (Wildman–Crippen MR) is 116 cm³/mol.